The van der Waals surface area contributed by atoms with Gasteiger partial charge in [-0.1, -0.05) is 0 Å². The van der Waals surface area contributed by atoms with Crippen molar-refractivity contribution in [2.24, 2.45) is 0 Å². The molecule has 1 aliphatic rings. The first kappa shape index (κ1) is 16.8. The van der Waals surface area contributed by atoms with Crippen LogP contribution in [0.15, 0.2) is 24.5 Å². The lowest BCUT2D eigenvalue weighted by Crippen LogP contribution is -2.38. The molecule has 0 bridgehead atoms. The molecule has 1 fully saturated rings. The van der Waals surface area contributed by atoms with E-state index < -0.39 is 6.09 Å². The van der Waals surface area contributed by atoms with Crippen LogP contribution in [0.2, 0.25) is 0 Å². The highest BCUT2D eigenvalue weighted by Crippen LogP contribution is 2.25. The van der Waals surface area contributed by atoms with E-state index in [-0.39, 0.29) is 6.04 Å². The molecule has 2 aromatic heterocycles. The zero-order valence-corrected chi connectivity index (χ0v) is 14.0. The second-order valence-electron chi connectivity index (χ2n) is 6.07. The predicted molar refractivity (Wildman–Crippen MR) is 91.1 cm³/mol. The van der Waals surface area contributed by atoms with Gasteiger partial charge in [0.2, 0.25) is 0 Å². The topological polar surface area (TPSA) is 107 Å². The first-order valence-electron chi connectivity index (χ1n) is 8.20. The van der Waals surface area contributed by atoms with Gasteiger partial charge in [0.05, 0.1) is 23.6 Å². The summed E-state index contributed by atoms with van der Waals surface area (Å²) in [6.07, 6.45) is 3.88. The van der Waals surface area contributed by atoms with Gasteiger partial charge in [0.25, 0.3) is 0 Å². The number of hydrogen-bond donors (Lipinski definition) is 2. The Morgan fingerprint density at radius 1 is 1.48 bits per heavy atom. The zero-order valence-electron chi connectivity index (χ0n) is 14.0. The monoisotopic (exact) mass is 340 g/mol. The smallest absolute Gasteiger partial charge is 0.407 e. The molecular weight excluding hydrogens is 320 g/mol. The van der Waals surface area contributed by atoms with Gasteiger partial charge in [-0.05, 0) is 31.9 Å². The first-order chi connectivity index (χ1) is 12.1. The normalized spacial score (nSPS) is 15.0. The summed E-state index contributed by atoms with van der Waals surface area (Å²) < 4.78 is 1.74. The molecule has 3 heterocycles. The van der Waals surface area contributed by atoms with E-state index in [1.165, 1.54) is 4.90 Å². The van der Waals surface area contributed by atoms with E-state index in [1.54, 1.807) is 17.1 Å². The van der Waals surface area contributed by atoms with Crippen LogP contribution in [-0.4, -0.2) is 44.0 Å². The van der Waals surface area contributed by atoms with E-state index in [0.717, 1.165) is 16.9 Å². The lowest BCUT2D eigenvalue weighted by molar-refractivity contribution is 0.123. The number of amides is 1. The summed E-state index contributed by atoms with van der Waals surface area (Å²) in [5.74, 6) is 0. The van der Waals surface area contributed by atoms with Gasteiger partial charge in [0, 0.05) is 31.4 Å². The van der Waals surface area contributed by atoms with E-state index in [9.17, 15) is 10.1 Å². The van der Waals surface area contributed by atoms with Crippen LogP contribution in [0.4, 0.5) is 10.5 Å². The maximum absolute atomic E-state index is 11.0. The average molecular weight is 340 g/mol. The maximum atomic E-state index is 11.0. The fourth-order valence-electron chi connectivity index (χ4n) is 3.09. The molecule has 0 unspecified atom stereocenters. The third-order valence-corrected chi connectivity index (χ3v) is 4.53. The summed E-state index contributed by atoms with van der Waals surface area (Å²) in [4.78, 5) is 16.6. The van der Waals surface area contributed by atoms with Crippen molar-refractivity contribution in [3.8, 4) is 6.07 Å². The lowest BCUT2D eigenvalue weighted by Gasteiger charge is -2.30. The van der Waals surface area contributed by atoms with E-state index in [1.807, 2.05) is 19.1 Å². The van der Waals surface area contributed by atoms with E-state index in [4.69, 9.17) is 5.11 Å². The Labute approximate surface area is 145 Å². The number of aryl methyl sites for hydroxylation is 1. The molecule has 1 amide bonds. The number of piperidine rings is 1. The molecule has 1 saturated heterocycles. The van der Waals surface area contributed by atoms with Crippen molar-refractivity contribution >= 4 is 11.8 Å². The van der Waals surface area contributed by atoms with Crippen molar-refractivity contribution in [3.63, 3.8) is 0 Å². The van der Waals surface area contributed by atoms with Crippen molar-refractivity contribution in [2.75, 3.05) is 18.4 Å². The molecule has 0 aromatic carbocycles. The number of carbonyl (C=O) groups is 1. The second-order valence-corrected chi connectivity index (χ2v) is 6.07. The van der Waals surface area contributed by atoms with Crippen LogP contribution >= 0.6 is 0 Å². The summed E-state index contributed by atoms with van der Waals surface area (Å²) >= 11 is 0. The van der Waals surface area contributed by atoms with Crippen molar-refractivity contribution in [1.82, 2.24) is 19.7 Å². The molecule has 25 heavy (non-hydrogen) atoms. The third-order valence-electron chi connectivity index (χ3n) is 4.53. The van der Waals surface area contributed by atoms with Crippen LogP contribution in [0.5, 0.6) is 0 Å². The molecule has 0 aliphatic carbocycles. The van der Waals surface area contributed by atoms with Crippen LogP contribution in [0.1, 0.15) is 35.8 Å². The molecule has 8 heteroatoms. The van der Waals surface area contributed by atoms with Gasteiger partial charge in [-0.2, -0.15) is 10.4 Å². The number of pyridine rings is 1. The molecule has 0 saturated carbocycles. The number of aromatic nitrogens is 3. The van der Waals surface area contributed by atoms with Crippen molar-refractivity contribution < 1.29 is 9.90 Å². The Kier molecular flexibility index (Phi) is 4.84. The van der Waals surface area contributed by atoms with Crippen molar-refractivity contribution in [2.45, 2.75) is 32.4 Å². The fraction of sp³-hybridized carbons (Fsp3) is 0.412. The van der Waals surface area contributed by atoms with Gasteiger partial charge in [0.15, 0.2) is 0 Å². The van der Waals surface area contributed by atoms with Crippen LogP contribution < -0.4 is 5.32 Å². The quantitative estimate of drug-likeness (QED) is 0.885. The van der Waals surface area contributed by atoms with Gasteiger partial charge in [-0.3, -0.25) is 9.67 Å². The number of nitriles is 1. The molecular formula is C17H20N6O2. The Morgan fingerprint density at radius 3 is 2.88 bits per heavy atom. The lowest BCUT2D eigenvalue weighted by atomic mass is 10.1. The number of carboxylic acid groups (broad SMARTS) is 1. The third kappa shape index (κ3) is 3.55. The number of anilines is 1. The largest absolute Gasteiger partial charge is 0.465 e. The standard InChI is InChI=1S/C17H20N6O2/c1-12-15(3-2-6-19-12)20-10-13-11-21-23(16(13)9-18)14-4-7-22(8-5-14)17(24)25/h2-3,6,11,14,20H,4-5,7-8,10H2,1H3,(H,24,25). The van der Waals surface area contributed by atoms with Gasteiger partial charge >= 0.3 is 6.09 Å². The zero-order chi connectivity index (χ0) is 17.8. The van der Waals surface area contributed by atoms with Crippen molar-refractivity contribution in [1.29, 1.82) is 5.26 Å². The number of nitrogens with zero attached hydrogens (tertiary/aromatic N) is 5. The van der Waals surface area contributed by atoms with E-state index in [2.05, 4.69) is 21.5 Å². The van der Waals surface area contributed by atoms with Crippen LogP contribution in [0.3, 0.4) is 0 Å². The Hall–Kier alpha value is -3.08. The molecule has 8 nitrogen and oxygen atoms in total. The molecule has 2 N–H and O–H groups in total. The Morgan fingerprint density at radius 2 is 2.24 bits per heavy atom. The van der Waals surface area contributed by atoms with Gasteiger partial charge in [-0.15, -0.1) is 0 Å². The summed E-state index contributed by atoms with van der Waals surface area (Å²) in [6.45, 7) is 3.34. The molecule has 2 aromatic rings. The molecule has 1 aliphatic heterocycles. The molecule has 0 atom stereocenters. The summed E-state index contributed by atoms with van der Waals surface area (Å²) in [7, 11) is 0. The summed E-state index contributed by atoms with van der Waals surface area (Å²) in [6, 6.07) is 6.10. The Balaban J connectivity index is 1.71. The summed E-state index contributed by atoms with van der Waals surface area (Å²) in [5.41, 5.74) is 3.18. The Bertz CT molecular complexity index is 802. The summed E-state index contributed by atoms with van der Waals surface area (Å²) in [5, 5.41) is 26.3. The van der Waals surface area contributed by atoms with Crippen LogP contribution in [0, 0.1) is 18.3 Å². The van der Waals surface area contributed by atoms with E-state index >= 15 is 0 Å². The highest BCUT2D eigenvalue weighted by molar-refractivity contribution is 5.65. The second kappa shape index (κ2) is 7.21. The highest BCUT2D eigenvalue weighted by atomic mass is 16.4. The predicted octanol–water partition coefficient (Wildman–Crippen LogP) is 2.39. The van der Waals surface area contributed by atoms with Gasteiger partial charge in [0.1, 0.15) is 11.8 Å². The van der Waals surface area contributed by atoms with Crippen LogP contribution in [0.25, 0.3) is 0 Å². The number of rotatable bonds is 4. The van der Waals surface area contributed by atoms with Crippen molar-refractivity contribution in [3.05, 3.63) is 41.5 Å². The molecule has 3 rings (SSSR count). The number of hydrogen-bond acceptors (Lipinski definition) is 5. The first-order valence-corrected chi connectivity index (χ1v) is 8.20. The SMILES string of the molecule is Cc1ncccc1NCc1cnn(C2CCN(C(=O)O)CC2)c1C#N. The molecule has 0 spiro atoms. The minimum absolute atomic E-state index is 0.0547. The van der Waals surface area contributed by atoms with Gasteiger partial charge in [-0.25, -0.2) is 4.79 Å². The fourth-order valence-corrected chi connectivity index (χ4v) is 3.09. The van der Waals surface area contributed by atoms with E-state index in [0.29, 0.717) is 38.2 Å². The highest BCUT2D eigenvalue weighted by Gasteiger charge is 2.26. The minimum Gasteiger partial charge on any atom is -0.465 e. The van der Waals surface area contributed by atoms with Gasteiger partial charge < -0.3 is 15.3 Å². The molecule has 0 radical (unpaired) electrons. The average Bonchev–Trinajstić information content (AvgIpc) is 3.04. The number of nitrogens with one attached hydrogen (secondary N) is 1. The minimum atomic E-state index is -0.892. The maximum Gasteiger partial charge on any atom is 0.407 e. The van der Waals surface area contributed by atoms with Crippen LogP contribution in [-0.2, 0) is 6.54 Å². The number of likely N-dealkylation sites (tertiary alicyclic amines) is 1. The molecule has 130 valence electrons.